The van der Waals surface area contributed by atoms with Gasteiger partial charge in [0.2, 0.25) is 0 Å². The number of halogens is 1. The first-order valence-corrected chi connectivity index (χ1v) is 6.18. The standard InChI is InChI=1S/C16H13FN2O2/c1-19(13-5-3-4-11(8-13)10-18)16(20)12-6-7-15(21-2)14(17)9-12/h3-9H,1-2H3. The van der Waals surface area contributed by atoms with Crippen molar-refractivity contribution < 1.29 is 13.9 Å². The number of carbonyl (C=O) groups excluding carboxylic acids is 1. The number of nitriles is 1. The Kier molecular flexibility index (Phi) is 4.19. The summed E-state index contributed by atoms with van der Waals surface area (Å²) in [4.78, 5) is 13.7. The lowest BCUT2D eigenvalue weighted by Gasteiger charge is -2.18. The molecule has 0 aliphatic heterocycles. The number of benzene rings is 2. The zero-order valence-corrected chi connectivity index (χ0v) is 11.6. The molecule has 0 spiro atoms. The molecule has 0 fully saturated rings. The summed E-state index contributed by atoms with van der Waals surface area (Å²) < 4.78 is 18.5. The van der Waals surface area contributed by atoms with E-state index in [1.54, 1.807) is 31.3 Å². The van der Waals surface area contributed by atoms with Crippen molar-refractivity contribution >= 4 is 11.6 Å². The average Bonchev–Trinajstić information content (AvgIpc) is 2.53. The van der Waals surface area contributed by atoms with E-state index < -0.39 is 5.82 Å². The Morgan fingerprint density at radius 2 is 2.05 bits per heavy atom. The van der Waals surface area contributed by atoms with E-state index in [0.29, 0.717) is 11.3 Å². The summed E-state index contributed by atoms with van der Waals surface area (Å²) >= 11 is 0. The summed E-state index contributed by atoms with van der Waals surface area (Å²) in [6, 6.07) is 12.7. The largest absolute Gasteiger partial charge is 0.494 e. The Hall–Kier alpha value is -2.87. The molecule has 0 saturated heterocycles. The molecule has 2 aromatic carbocycles. The summed E-state index contributed by atoms with van der Waals surface area (Å²) in [5.74, 6) is -0.880. The van der Waals surface area contributed by atoms with E-state index in [9.17, 15) is 9.18 Å². The average molecular weight is 284 g/mol. The van der Waals surface area contributed by atoms with Crippen molar-refractivity contribution in [3.05, 3.63) is 59.4 Å². The number of rotatable bonds is 3. The second-order valence-corrected chi connectivity index (χ2v) is 4.38. The third kappa shape index (κ3) is 3.00. The number of hydrogen-bond donors (Lipinski definition) is 0. The molecule has 0 unspecified atom stereocenters. The summed E-state index contributed by atoms with van der Waals surface area (Å²) in [5.41, 5.74) is 1.22. The fourth-order valence-electron chi connectivity index (χ4n) is 1.89. The molecule has 0 aliphatic rings. The molecule has 0 bridgehead atoms. The van der Waals surface area contributed by atoms with Gasteiger partial charge in [-0.25, -0.2) is 4.39 Å². The minimum absolute atomic E-state index is 0.0840. The monoisotopic (exact) mass is 284 g/mol. The molecule has 0 atom stereocenters. The summed E-state index contributed by atoms with van der Waals surface area (Å²) in [6.07, 6.45) is 0. The van der Waals surface area contributed by atoms with Gasteiger partial charge in [0.05, 0.1) is 18.7 Å². The first-order chi connectivity index (χ1) is 10.1. The van der Waals surface area contributed by atoms with Crippen LogP contribution < -0.4 is 9.64 Å². The molecule has 0 heterocycles. The maximum absolute atomic E-state index is 13.7. The minimum Gasteiger partial charge on any atom is -0.494 e. The van der Waals surface area contributed by atoms with Crippen molar-refractivity contribution in [1.82, 2.24) is 0 Å². The van der Waals surface area contributed by atoms with E-state index in [2.05, 4.69) is 0 Å². The normalized spacial score (nSPS) is 9.81. The van der Waals surface area contributed by atoms with Crippen LogP contribution in [0.4, 0.5) is 10.1 Å². The number of amides is 1. The molecule has 2 aromatic rings. The highest BCUT2D eigenvalue weighted by Gasteiger charge is 2.16. The molecule has 0 N–H and O–H groups in total. The second-order valence-electron chi connectivity index (χ2n) is 4.38. The van der Waals surface area contributed by atoms with Crippen LogP contribution in [0.1, 0.15) is 15.9 Å². The van der Waals surface area contributed by atoms with Crippen LogP contribution in [0.5, 0.6) is 5.75 Å². The van der Waals surface area contributed by atoms with Crippen LogP contribution in [0.3, 0.4) is 0 Å². The van der Waals surface area contributed by atoms with E-state index in [1.807, 2.05) is 6.07 Å². The maximum atomic E-state index is 13.7. The Labute approximate surface area is 122 Å². The first-order valence-electron chi connectivity index (χ1n) is 6.18. The van der Waals surface area contributed by atoms with Gasteiger partial charge in [-0.15, -0.1) is 0 Å². The predicted octanol–water partition coefficient (Wildman–Crippen LogP) is 2.98. The lowest BCUT2D eigenvalue weighted by molar-refractivity contribution is 0.0992. The fourth-order valence-corrected chi connectivity index (χ4v) is 1.89. The molecule has 0 radical (unpaired) electrons. The molecule has 5 heteroatoms. The Balaban J connectivity index is 2.30. The number of methoxy groups -OCH3 is 1. The van der Waals surface area contributed by atoms with Crippen molar-refractivity contribution in [3.8, 4) is 11.8 Å². The van der Waals surface area contributed by atoms with E-state index >= 15 is 0 Å². The van der Waals surface area contributed by atoms with Crippen LogP contribution in [0, 0.1) is 17.1 Å². The number of hydrogen-bond acceptors (Lipinski definition) is 3. The number of carbonyl (C=O) groups is 1. The van der Waals surface area contributed by atoms with E-state index in [0.717, 1.165) is 6.07 Å². The fraction of sp³-hybridized carbons (Fsp3) is 0.125. The van der Waals surface area contributed by atoms with Crippen LogP contribution in [-0.2, 0) is 0 Å². The van der Waals surface area contributed by atoms with Crippen molar-refractivity contribution in [1.29, 1.82) is 5.26 Å². The van der Waals surface area contributed by atoms with Gasteiger partial charge in [0.15, 0.2) is 11.6 Å². The molecule has 0 aliphatic carbocycles. The van der Waals surface area contributed by atoms with Crippen LogP contribution in [0.25, 0.3) is 0 Å². The van der Waals surface area contributed by atoms with Crippen molar-refractivity contribution in [2.45, 2.75) is 0 Å². The van der Waals surface area contributed by atoms with Gasteiger partial charge >= 0.3 is 0 Å². The van der Waals surface area contributed by atoms with E-state index in [-0.39, 0.29) is 17.2 Å². The highest BCUT2D eigenvalue weighted by molar-refractivity contribution is 6.05. The lowest BCUT2D eigenvalue weighted by Crippen LogP contribution is -2.26. The summed E-state index contributed by atoms with van der Waals surface area (Å²) in [6.45, 7) is 0. The Bertz CT molecular complexity index is 722. The van der Waals surface area contributed by atoms with E-state index in [4.69, 9.17) is 10.00 Å². The molecule has 0 saturated carbocycles. The van der Waals surface area contributed by atoms with Gasteiger partial charge in [-0.05, 0) is 36.4 Å². The van der Waals surface area contributed by atoms with Gasteiger partial charge in [-0.2, -0.15) is 5.26 Å². The Morgan fingerprint density at radius 3 is 2.67 bits per heavy atom. The molecule has 4 nitrogen and oxygen atoms in total. The molecule has 106 valence electrons. The molecule has 0 aromatic heterocycles. The van der Waals surface area contributed by atoms with Gasteiger partial charge in [0.25, 0.3) is 5.91 Å². The predicted molar refractivity (Wildman–Crippen MR) is 76.8 cm³/mol. The quantitative estimate of drug-likeness (QED) is 0.870. The smallest absolute Gasteiger partial charge is 0.258 e. The topological polar surface area (TPSA) is 53.3 Å². The van der Waals surface area contributed by atoms with Crippen molar-refractivity contribution in [2.75, 3.05) is 19.1 Å². The van der Waals surface area contributed by atoms with Crippen LogP contribution in [0.15, 0.2) is 42.5 Å². The summed E-state index contributed by atoms with van der Waals surface area (Å²) in [5, 5.41) is 8.88. The van der Waals surface area contributed by atoms with Gasteiger partial charge in [0.1, 0.15) is 0 Å². The Morgan fingerprint density at radius 1 is 1.29 bits per heavy atom. The SMILES string of the molecule is COc1ccc(C(=O)N(C)c2cccc(C#N)c2)cc1F. The molecular weight excluding hydrogens is 271 g/mol. The van der Waals surface area contributed by atoms with E-state index in [1.165, 1.54) is 24.1 Å². The third-order valence-corrected chi connectivity index (χ3v) is 3.07. The van der Waals surface area contributed by atoms with Gasteiger partial charge in [-0.1, -0.05) is 6.07 Å². The molecule has 2 rings (SSSR count). The third-order valence-electron chi connectivity index (χ3n) is 3.07. The lowest BCUT2D eigenvalue weighted by atomic mass is 10.1. The highest BCUT2D eigenvalue weighted by Crippen LogP contribution is 2.21. The van der Waals surface area contributed by atoms with Crippen molar-refractivity contribution in [3.63, 3.8) is 0 Å². The first kappa shape index (κ1) is 14.5. The molecule has 1 amide bonds. The van der Waals surface area contributed by atoms with Gasteiger partial charge < -0.3 is 9.64 Å². The summed E-state index contributed by atoms with van der Waals surface area (Å²) in [7, 11) is 2.93. The number of anilines is 1. The molecular formula is C16H13FN2O2. The number of ether oxygens (including phenoxy) is 1. The van der Waals surface area contributed by atoms with Gasteiger partial charge in [-0.3, -0.25) is 4.79 Å². The second kappa shape index (κ2) is 6.06. The zero-order chi connectivity index (χ0) is 15.4. The minimum atomic E-state index is -0.595. The number of nitrogens with zero attached hydrogens (tertiary/aromatic N) is 2. The molecule has 21 heavy (non-hydrogen) atoms. The van der Waals surface area contributed by atoms with Crippen molar-refractivity contribution in [2.24, 2.45) is 0 Å². The van der Waals surface area contributed by atoms with Crippen LogP contribution >= 0.6 is 0 Å². The van der Waals surface area contributed by atoms with Gasteiger partial charge in [0, 0.05) is 18.3 Å². The zero-order valence-electron chi connectivity index (χ0n) is 11.6. The van der Waals surface area contributed by atoms with Crippen LogP contribution in [0.2, 0.25) is 0 Å². The highest BCUT2D eigenvalue weighted by atomic mass is 19.1. The van der Waals surface area contributed by atoms with Crippen LogP contribution in [-0.4, -0.2) is 20.1 Å². The maximum Gasteiger partial charge on any atom is 0.258 e.